The van der Waals surface area contributed by atoms with Crippen LogP contribution in [0.25, 0.3) is 0 Å². The van der Waals surface area contributed by atoms with Crippen molar-refractivity contribution in [3.63, 3.8) is 0 Å². The van der Waals surface area contributed by atoms with E-state index in [1.165, 1.54) is 6.07 Å². The summed E-state index contributed by atoms with van der Waals surface area (Å²) in [5, 5.41) is 2.90. The highest BCUT2D eigenvalue weighted by atomic mass is 32.2. The van der Waals surface area contributed by atoms with Crippen molar-refractivity contribution in [1.82, 2.24) is 4.31 Å². The zero-order chi connectivity index (χ0) is 22.7. The second-order valence-electron chi connectivity index (χ2n) is 8.81. The van der Waals surface area contributed by atoms with E-state index in [9.17, 15) is 17.6 Å². The van der Waals surface area contributed by atoms with Crippen molar-refractivity contribution in [3.05, 3.63) is 54.3 Å². The Bertz CT molecular complexity index is 1040. The molecule has 2 aromatic carbocycles. The topological polar surface area (TPSA) is 69.7 Å². The van der Waals surface area contributed by atoms with Crippen LogP contribution in [0.5, 0.6) is 0 Å². The van der Waals surface area contributed by atoms with Crippen molar-refractivity contribution >= 4 is 27.3 Å². The second-order valence-corrected chi connectivity index (χ2v) is 10.8. The van der Waals surface area contributed by atoms with Gasteiger partial charge < -0.3 is 10.2 Å². The van der Waals surface area contributed by atoms with Crippen molar-refractivity contribution in [2.45, 2.75) is 37.5 Å². The third-order valence-electron chi connectivity index (χ3n) is 6.56. The van der Waals surface area contributed by atoms with Gasteiger partial charge in [-0.3, -0.25) is 4.79 Å². The Balaban J connectivity index is 1.33. The SMILES string of the molecule is CC1CCN(S(=O)(=O)c2ccc(NC(=O)C3CCN(c4ccccc4F)CC3)cc2)CC1. The van der Waals surface area contributed by atoms with Crippen LogP contribution in [0, 0.1) is 17.7 Å². The molecule has 4 rings (SSSR count). The van der Waals surface area contributed by atoms with Gasteiger partial charge in [0, 0.05) is 37.8 Å². The number of hydrogen-bond donors (Lipinski definition) is 1. The number of halogens is 1. The molecule has 2 heterocycles. The van der Waals surface area contributed by atoms with E-state index in [1.54, 1.807) is 40.7 Å². The highest BCUT2D eigenvalue weighted by Gasteiger charge is 2.29. The molecule has 8 heteroatoms. The van der Waals surface area contributed by atoms with Crippen LogP contribution < -0.4 is 10.2 Å². The van der Waals surface area contributed by atoms with E-state index in [-0.39, 0.29) is 22.5 Å². The molecule has 2 aromatic rings. The van der Waals surface area contributed by atoms with E-state index < -0.39 is 10.0 Å². The van der Waals surface area contributed by atoms with Crippen LogP contribution in [0.2, 0.25) is 0 Å². The van der Waals surface area contributed by atoms with Gasteiger partial charge in [0.1, 0.15) is 5.82 Å². The molecule has 0 radical (unpaired) electrons. The van der Waals surface area contributed by atoms with Crippen LogP contribution in [0.4, 0.5) is 15.8 Å². The van der Waals surface area contributed by atoms with Crippen molar-refractivity contribution in [2.75, 3.05) is 36.4 Å². The largest absolute Gasteiger partial charge is 0.369 e. The summed E-state index contributed by atoms with van der Waals surface area (Å²) in [4.78, 5) is 14.9. The summed E-state index contributed by atoms with van der Waals surface area (Å²) in [5.41, 5.74) is 1.16. The molecule has 32 heavy (non-hydrogen) atoms. The van der Waals surface area contributed by atoms with Crippen molar-refractivity contribution in [2.24, 2.45) is 11.8 Å². The number of amides is 1. The summed E-state index contributed by atoms with van der Waals surface area (Å²) in [6.45, 7) is 4.47. The summed E-state index contributed by atoms with van der Waals surface area (Å²) in [6, 6.07) is 13.1. The Hall–Kier alpha value is -2.45. The van der Waals surface area contributed by atoms with Crippen molar-refractivity contribution in [1.29, 1.82) is 0 Å². The van der Waals surface area contributed by atoms with Gasteiger partial charge in [0.15, 0.2) is 0 Å². The summed E-state index contributed by atoms with van der Waals surface area (Å²) in [6.07, 6.45) is 3.03. The number of piperidine rings is 2. The summed E-state index contributed by atoms with van der Waals surface area (Å²) < 4.78 is 41.3. The minimum Gasteiger partial charge on any atom is -0.369 e. The van der Waals surface area contributed by atoms with E-state index in [2.05, 4.69) is 12.2 Å². The van der Waals surface area contributed by atoms with E-state index in [4.69, 9.17) is 0 Å². The molecule has 0 spiro atoms. The van der Waals surface area contributed by atoms with Gasteiger partial charge >= 0.3 is 0 Å². The minimum atomic E-state index is -3.50. The second kappa shape index (κ2) is 9.58. The molecular formula is C24H30FN3O3S. The van der Waals surface area contributed by atoms with E-state index in [0.29, 0.717) is 56.3 Å². The summed E-state index contributed by atoms with van der Waals surface area (Å²) in [7, 11) is -3.50. The molecule has 6 nitrogen and oxygen atoms in total. The zero-order valence-electron chi connectivity index (χ0n) is 18.3. The Morgan fingerprint density at radius 3 is 2.19 bits per heavy atom. The molecule has 2 aliphatic heterocycles. The molecular weight excluding hydrogens is 429 g/mol. The van der Waals surface area contributed by atoms with Crippen LogP contribution in [-0.2, 0) is 14.8 Å². The number of nitrogens with zero attached hydrogens (tertiary/aromatic N) is 2. The molecule has 1 N–H and O–H groups in total. The normalized spacial score (nSPS) is 19.1. The van der Waals surface area contributed by atoms with E-state index in [0.717, 1.165) is 12.8 Å². The average molecular weight is 460 g/mol. The fourth-order valence-electron chi connectivity index (χ4n) is 4.42. The van der Waals surface area contributed by atoms with Crippen LogP contribution >= 0.6 is 0 Å². The maximum Gasteiger partial charge on any atom is 0.243 e. The van der Waals surface area contributed by atoms with Crippen LogP contribution in [0.3, 0.4) is 0 Å². The maximum absolute atomic E-state index is 14.0. The molecule has 172 valence electrons. The highest BCUT2D eigenvalue weighted by Crippen LogP contribution is 2.27. The number of sulfonamides is 1. The first-order chi connectivity index (χ1) is 15.3. The van der Waals surface area contributed by atoms with Crippen LogP contribution in [0.15, 0.2) is 53.4 Å². The third-order valence-corrected chi connectivity index (χ3v) is 8.47. The first kappa shape index (κ1) is 22.7. The number of carbonyl (C=O) groups excluding carboxylic acids is 1. The smallest absolute Gasteiger partial charge is 0.243 e. The predicted molar refractivity (Wildman–Crippen MR) is 124 cm³/mol. The summed E-state index contributed by atoms with van der Waals surface area (Å²) >= 11 is 0. The van der Waals surface area contributed by atoms with E-state index >= 15 is 0 Å². The monoisotopic (exact) mass is 459 g/mol. The lowest BCUT2D eigenvalue weighted by molar-refractivity contribution is -0.120. The molecule has 0 atom stereocenters. The lowest BCUT2D eigenvalue weighted by atomic mass is 9.95. The number of carbonyl (C=O) groups is 1. The number of anilines is 2. The predicted octanol–water partition coefficient (Wildman–Crippen LogP) is 4.10. The first-order valence-corrected chi connectivity index (χ1v) is 12.7. The molecule has 0 aliphatic carbocycles. The van der Waals surface area contributed by atoms with Gasteiger partial charge in [-0.25, -0.2) is 12.8 Å². The first-order valence-electron chi connectivity index (χ1n) is 11.2. The quantitative estimate of drug-likeness (QED) is 0.731. The molecule has 1 amide bonds. The average Bonchev–Trinajstić information content (AvgIpc) is 2.80. The molecule has 0 bridgehead atoms. The lowest BCUT2D eigenvalue weighted by Crippen LogP contribution is -2.38. The van der Waals surface area contributed by atoms with Gasteiger partial charge in [-0.1, -0.05) is 19.1 Å². The Labute approximate surface area is 189 Å². The Morgan fingerprint density at radius 1 is 0.938 bits per heavy atom. The zero-order valence-corrected chi connectivity index (χ0v) is 19.2. The Morgan fingerprint density at radius 2 is 1.56 bits per heavy atom. The van der Waals surface area contributed by atoms with Crippen molar-refractivity contribution < 1.29 is 17.6 Å². The van der Waals surface area contributed by atoms with Crippen LogP contribution in [-0.4, -0.2) is 44.8 Å². The number of hydrogen-bond acceptors (Lipinski definition) is 4. The Kier molecular flexibility index (Phi) is 6.81. The fraction of sp³-hybridized carbons (Fsp3) is 0.458. The standard InChI is InChI=1S/C24H30FN3O3S/c1-18-10-16-28(17-11-18)32(30,31)21-8-6-20(7-9-21)26-24(29)19-12-14-27(15-13-19)23-5-3-2-4-22(23)25/h2-9,18-19H,10-17H2,1H3,(H,26,29). The summed E-state index contributed by atoms with van der Waals surface area (Å²) in [5.74, 6) is 0.0673. The van der Waals surface area contributed by atoms with Crippen molar-refractivity contribution in [3.8, 4) is 0 Å². The highest BCUT2D eigenvalue weighted by molar-refractivity contribution is 7.89. The van der Waals surface area contributed by atoms with Gasteiger partial charge in [-0.05, 0) is 68.0 Å². The van der Waals surface area contributed by atoms with Gasteiger partial charge in [0.25, 0.3) is 0 Å². The molecule has 0 aromatic heterocycles. The minimum absolute atomic E-state index is 0.0844. The molecule has 0 unspecified atom stereocenters. The lowest BCUT2D eigenvalue weighted by Gasteiger charge is -2.33. The number of rotatable bonds is 5. The number of benzene rings is 2. The molecule has 2 aliphatic rings. The van der Waals surface area contributed by atoms with E-state index in [1.807, 2.05) is 11.0 Å². The van der Waals surface area contributed by atoms with Gasteiger partial charge in [-0.2, -0.15) is 4.31 Å². The van der Waals surface area contributed by atoms with Crippen LogP contribution in [0.1, 0.15) is 32.6 Å². The fourth-order valence-corrected chi connectivity index (χ4v) is 5.89. The molecule has 2 saturated heterocycles. The van der Waals surface area contributed by atoms with Gasteiger partial charge in [-0.15, -0.1) is 0 Å². The van der Waals surface area contributed by atoms with Gasteiger partial charge in [0.2, 0.25) is 15.9 Å². The maximum atomic E-state index is 14.0. The number of nitrogens with one attached hydrogen (secondary N) is 1. The molecule has 2 fully saturated rings. The van der Waals surface area contributed by atoms with Gasteiger partial charge in [0.05, 0.1) is 10.6 Å². The molecule has 0 saturated carbocycles. The number of para-hydroxylation sites is 1. The third kappa shape index (κ3) is 4.96.